The van der Waals surface area contributed by atoms with Crippen LogP contribution in [0.3, 0.4) is 0 Å². The van der Waals surface area contributed by atoms with Gasteiger partial charge in [-0.2, -0.15) is 0 Å². The molecule has 2 rings (SSSR count). The number of hydrogen-bond acceptors (Lipinski definition) is 2. The third kappa shape index (κ3) is 6.45. The first kappa shape index (κ1) is 18.1. The lowest BCUT2D eigenvalue weighted by molar-refractivity contribution is 0.303. The number of hydrogen-bond donors (Lipinski definition) is 1. The fourth-order valence-corrected chi connectivity index (χ4v) is 2.37. The summed E-state index contributed by atoms with van der Waals surface area (Å²) >= 11 is 0. The van der Waals surface area contributed by atoms with Gasteiger partial charge in [0.15, 0.2) is 0 Å². The largest absolute Gasteiger partial charge is 0.494 e. The second kappa shape index (κ2) is 10.5. The highest BCUT2D eigenvalue weighted by atomic mass is 18.2. The molecule has 2 aromatic carbocycles. The number of rotatable bonds is 10. The second-order valence-corrected chi connectivity index (χ2v) is 5.73. The Morgan fingerprint density at radius 1 is 0.833 bits per heavy atom. The second-order valence-electron chi connectivity index (χ2n) is 5.73. The molecule has 3 heteroatoms. The van der Waals surface area contributed by atoms with Crippen LogP contribution >= 0.6 is 0 Å². The highest BCUT2D eigenvalue weighted by Crippen LogP contribution is 2.16. The first-order valence-electron chi connectivity index (χ1n) is 8.56. The molecule has 0 unspecified atom stereocenters. The van der Waals surface area contributed by atoms with Crippen LogP contribution in [-0.4, -0.2) is 20.3 Å². The Bertz CT molecular complexity index is 605. The Kier molecular flexibility index (Phi) is 7.88. The molecule has 0 bridgehead atoms. The van der Waals surface area contributed by atoms with E-state index in [2.05, 4.69) is 53.9 Å². The maximum atomic E-state index is 12.0. The van der Waals surface area contributed by atoms with Crippen molar-refractivity contribution in [3.05, 3.63) is 59.7 Å². The summed E-state index contributed by atoms with van der Waals surface area (Å²) in [6.45, 7) is 0.481. The maximum Gasteiger partial charge on any atom is 0.119 e. The first-order chi connectivity index (χ1) is 11.8. The molecule has 0 aliphatic rings. The molecule has 2 nitrogen and oxygen atoms in total. The molecule has 0 aromatic heterocycles. The van der Waals surface area contributed by atoms with E-state index in [1.165, 1.54) is 5.56 Å². The molecule has 0 amide bonds. The first-order valence-corrected chi connectivity index (χ1v) is 8.56. The molecule has 0 heterocycles. The molecule has 128 valence electrons. The Hall–Kier alpha value is -2.29. The Balaban J connectivity index is 1.77. The van der Waals surface area contributed by atoms with Gasteiger partial charge in [0.05, 0.1) is 13.3 Å². The molecule has 1 N–H and O–H groups in total. The zero-order valence-corrected chi connectivity index (χ0v) is 14.3. The van der Waals surface area contributed by atoms with Gasteiger partial charge in [0, 0.05) is 12.7 Å². The van der Waals surface area contributed by atoms with Crippen LogP contribution in [0, 0.1) is 0 Å². The quantitative estimate of drug-likeness (QED) is 0.439. The van der Waals surface area contributed by atoms with Crippen molar-refractivity contribution in [3.63, 3.8) is 0 Å². The van der Waals surface area contributed by atoms with Crippen molar-refractivity contribution in [1.82, 2.24) is 0 Å². The van der Waals surface area contributed by atoms with Gasteiger partial charge in [-0.25, -0.2) is 0 Å². The van der Waals surface area contributed by atoms with E-state index in [0.29, 0.717) is 13.0 Å². The molecule has 2 aromatic rings. The lowest BCUT2D eigenvalue weighted by atomic mass is 10.1. The minimum atomic E-state index is -0.213. The van der Waals surface area contributed by atoms with Crippen LogP contribution < -0.4 is 10.1 Å². The fraction of sp³-hybridized carbons (Fsp3) is 0.333. The normalized spacial score (nSPS) is 10.9. The summed E-state index contributed by atoms with van der Waals surface area (Å²) in [6, 6.07) is 16.4. The van der Waals surface area contributed by atoms with Gasteiger partial charge in [0.1, 0.15) is 5.75 Å². The van der Waals surface area contributed by atoms with Crippen LogP contribution in [0.5, 0.6) is 5.75 Å². The molecule has 24 heavy (non-hydrogen) atoms. The van der Waals surface area contributed by atoms with E-state index in [0.717, 1.165) is 36.3 Å². The van der Waals surface area contributed by atoms with Gasteiger partial charge < -0.3 is 10.1 Å². The third-order valence-corrected chi connectivity index (χ3v) is 3.84. The number of halogens is 1. The van der Waals surface area contributed by atoms with Crippen molar-refractivity contribution in [2.24, 2.45) is 0 Å². The molecular weight excluding hydrogens is 300 g/mol. The van der Waals surface area contributed by atoms with Crippen LogP contribution in [-0.2, 0) is 0 Å². The van der Waals surface area contributed by atoms with Crippen LogP contribution in [0.25, 0.3) is 12.2 Å². The zero-order valence-electron chi connectivity index (χ0n) is 14.3. The summed E-state index contributed by atoms with van der Waals surface area (Å²) in [7, 11) is 1.92. The highest BCUT2D eigenvalue weighted by molar-refractivity contribution is 5.70. The third-order valence-electron chi connectivity index (χ3n) is 3.84. The fourth-order valence-electron chi connectivity index (χ4n) is 2.37. The van der Waals surface area contributed by atoms with Crippen molar-refractivity contribution >= 4 is 17.8 Å². The van der Waals surface area contributed by atoms with Gasteiger partial charge >= 0.3 is 0 Å². The van der Waals surface area contributed by atoms with Gasteiger partial charge in [0.25, 0.3) is 0 Å². The van der Waals surface area contributed by atoms with Crippen LogP contribution in [0.1, 0.15) is 36.8 Å². The van der Waals surface area contributed by atoms with Gasteiger partial charge in [-0.15, -0.1) is 0 Å². The number of benzene rings is 2. The summed E-state index contributed by atoms with van der Waals surface area (Å²) in [4.78, 5) is 0. The molecule has 0 atom stereocenters. The predicted molar refractivity (Wildman–Crippen MR) is 101 cm³/mol. The van der Waals surface area contributed by atoms with Gasteiger partial charge in [-0.3, -0.25) is 4.39 Å². The van der Waals surface area contributed by atoms with Crippen molar-refractivity contribution in [2.75, 3.05) is 25.6 Å². The number of alkyl halides is 1. The molecule has 0 aliphatic heterocycles. The van der Waals surface area contributed by atoms with Gasteiger partial charge in [-0.05, 0) is 54.7 Å². The van der Waals surface area contributed by atoms with Crippen molar-refractivity contribution in [3.8, 4) is 5.75 Å². The Morgan fingerprint density at radius 2 is 1.42 bits per heavy atom. The molecule has 0 saturated heterocycles. The minimum absolute atomic E-state index is 0.213. The van der Waals surface area contributed by atoms with Gasteiger partial charge in [0.2, 0.25) is 0 Å². The van der Waals surface area contributed by atoms with Crippen molar-refractivity contribution in [1.29, 1.82) is 0 Å². The SMILES string of the molecule is CNc1ccc(C=Cc2ccc(OCCCCCC[18F])cc2)cc1. The number of nitrogens with one attached hydrogen (secondary N) is 1. The molecule has 0 saturated carbocycles. The highest BCUT2D eigenvalue weighted by Gasteiger charge is 1.95. The van der Waals surface area contributed by atoms with E-state index in [1.54, 1.807) is 0 Å². The summed E-state index contributed by atoms with van der Waals surface area (Å²) < 4.78 is 17.7. The van der Waals surface area contributed by atoms with Crippen LogP contribution in [0.15, 0.2) is 48.5 Å². The monoisotopic (exact) mass is 326 g/mol. The van der Waals surface area contributed by atoms with Crippen LogP contribution in [0.4, 0.5) is 10.1 Å². The lowest BCUT2D eigenvalue weighted by Crippen LogP contribution is -1.97. The summed E-state index contributed by atoms with van der Waals surface area (Å²) in [5.74, 6) is 0.885. The Morgan fingerprint density at radius 3 is 2.00 bits per heavy atom. The number of anilines is 1. The van der Waals surface area contributed by atoms with E-state index < -0.39 is 0 Å². The predicted octanol–water partition coefficient (Wildman–Crippen LogP) is 5.81. The van der Waals surface area contributed by atoms with E-state index >= 15 is 0 Å². The zero-order chi connectivity index (χ0) is 17.0. The lowest BCUT2D eigenvalue weighted by Gasteiger charge is -2.06. The average Bonchev–Trinajstić information content (AvgIpc) is 2.64. The Labute approximate surface area is 144 Å². The topological polar surface area (TPSA) is 21.3 Å². The van der Waals surface area contributed by atoms with E-state index in [1.807, 2.05) is 19.2 Å². The number of ether oxygens (including phenoxy) is 1. The van der Waals surface area contributed by atoms with E-state index in [4.69, 9.17) is 4.74 Å². The van der Waals surface area contributed by atoms with Crippen molar-refractivity contribution < 1.29 is 9.13 Å². The van der Waals surface area contributed by atoms with E-state index in [9.17, 15) is 4.39 Å². The smallest absolute Gasteiger partial charge is 0.119 e. The minimum Gasteiger partial charge on any atom is -0.494 e. The summed E-state index contributed by atoms with van der Waals surface area (Å²) in [5, 5.41) is 3.11. The standard InChI is InChI=1S/C21H26FNO/c1-23-20-12-8-18(9-13-20)6-7-19-10-14-21(15-11-19)24-17-5-3-2-4-16-22/h6-15,23H,2-5,16-17H2,1H3/i22-1. The summed E-state index contributed by atoms with van der Waals surface area (Å²) in [5.41, 5.74) is 3.42. The molecule has 0 spiro atoms. The average molecular weight is 326 g/mol. The summed E-state index contributed by atoms with van der Waals surface area (Å²) in [6.07, 6.45) is 7.80. The van der Waals surface area contributed by atoms with E-state index in [-0.39, 0.29) is 6.67 Å². The van der Waals surface area contributed by atoms with Gasteiger partial charge in [-0.1, -0.05) is 42.8 Å². The van der Waals surface area contributed by atoms with Crippen molar-refractivity contribution in [2.45, 2.75) is 25.7 Å². The molecule has 0 aliphatic carbocycles. The molecular formula is C21H26FNO. The number of unbranched alkanes of at least 4 members (excludes halogenated alkanes) is 3. The maximum absolute atomic E-state index is 12.0. The van der Waals surface area contributed by atoms with Crippen LogP contribution in [0.2, 0.25) is 0 Å². The molecule has 0 radical (unpaired) electrons. The molecule has 0 fully saturated rings.